The van der Waals surface area contributed by atoms with Gasteiger partial charge in [0.2, 0.25) is 0 Å². The summed E-state index contributed by atoms with van der Waals surface area (Å²) in [5.74, 6) is 0.568. The molecule has 0 bridgehead atoms. The number of hydrogen-bond donors (Lipinski definition) is 3. The number of imidazole rings is 1. The molecule has 1 aromatic heterocycles. The normalized spacial score (nSPS) is 12.1. The number of nitrogens with one attached hydrogen (secondary N) is 2. The molecule has 0 aliphatic carbocycles. The highest BCUT2D eigenvalue weighted by Crippen LogP contribution is 2.24. The van der Waals surface area contributed by atoms with Crippen molar-refractivity contribution in [1.29, 1.82) is 0 Å². The Balaban J connectivity index is 2.18. The van der Waals surface area contributed by atoms with Gasteiger partial charge in [0.15, 0.2) is 0 Å². The molecule has 4 N–H and O–H groups in total. The second kappa shape index (κ2) is 5.88. The van der Waals surface area contributed by atoms with E-state index in [0.29, 0.717) is 15.7 Å². The van der Waals surface area contributed by atoms with Crippen LogP contribution in [0, 0.1) is 0 Å². The number of hydrogen-bond acceptors (Lipinski definition) is 3. The Bertz CT molecular complexity index is 568. The van der Waals surface area contributed by atoms with E-state index in [4.69, 9.17) is 5.73 Å². The van der Waals surface area contributed by atoms with Crippen LogP contribution in [0.25, 0.3) is 0 Å². The fourth-order valence-corrected chi connectivity index (χ4v) is 2.24. The molecule has 0 radical (unpaired) electrons. The fourth-order valence-electron chi connectivity index (χ4n) is 1.79. The van der Waals surface area contributed by atoms with E-state index in [1.807, 2.05) is 6.92 Å². The van der Waals surface area contributed by atoms with E-state index in [0.717, 1.165) is 12.2 Å². The molecule has 1 atom stereocenters. The van der Waals surface area contributed by atoms with Gasteiger partial charge in [-0.2, -0.15) is 0 Å². The van der Waals surface area contributed by atoms with Crippen molar-refractivity contribution >= 4 is 27.5 Å². The summed E-state index contributed by atoms with van der Waals surface area (Å²) in [6, 6.07) is 5.08. The topological polar surface area (TPSA) is 83.8 Å². The maximum atomic E-state index is 12.2. The van der Waals surface area contributed by atoms with E-state index in [1.54, 1.807) is 30.6 Å². The molecule has 100 valence electrons. The van der Waals surface area contributed by atoms with Gasteiger partial charge in [-0.25, -0.2) is 4.98 Å². The second-order valence-electron chi connectivity index (χ2n) is 4.12. The van der Waals surface area contributed by atoms with Gasteiger partial charge >= 0.3 is 0 Å². The lowest BCUT2D eigenvalue weighted by atomic mass is 10.1. The van der Waals surface area contributed by atoms with Gasteiger partial charge in [0.1, 0.15) is 5.82 Å². The molecule has 2 rings (SSSR count). The second-order valence-corrected chi connectivity index (χ2v) is 4.91. The summed E-state index contributed by atoms with van der Waals surface area (Å²) in [6.45, 7) is 1.99. The molecule has 1 aromatic carbocycles. The van der Waals surface area contributed by atoms with Gasteiger partial charge in [-0.05, 0) is 34.5 Å². The third kappa shape index (κ3) is 2.96. The molecule has 0 saturated carbocycles. The van der Waals surface area contributed by atoms with Gasteiger partial charge in [0.05, 0.1) is 16.1 Å². The first-order chi connectivity index (χ1) is 9.13. The molecule has 0 fully saturated rings. The SMILES string of the molecule is CCC(NC(=O)c1cccc(N)c1Br)c1ncc[nH]1. The monoisotopic (exact) mass is 322 g/mol. The van der Waals surface area contributed by atoms with E-state index in [2.05, 4.69) is 31.2 Å². The van der Waals surface area contributed by atoms with Crippen LogP contribution in [-0.2, 0) is 0 Å². The summed E-state index contributed by atoms with van der Waals surface area (Å²) >= 11 is 3.33. The first kappa shape index (κ1) is 13.6. The van der Waals surface area contributed by atoms with E-state index < -0.39 is 0 Å². The molecule has 6 heteroatoms. The van der Waals surface area contributed by atoms with Crippen LogP contribution in [-0.4, -0.2) is 15.9 Å². The van der Waals surface area contributed by atoms with Crippen molar-refractivity contribution in [2.75, 3.05) is 5.73 Å². The van der Waals surface area contributed by atoms with Crippen molar-refractivity contribution in [3.63, 3.8) is 0 Å². The molecular weight excluding hydrogens is 308 g/mol. The highest BCUT2D eigenvalue weighted by molar-refractivity contribution is 9.10. The number of H-pyrrole nitrogens is 1. The van der Waals surface area contributed by atoms with Crippen LogP contribution in [0.4, 0.5) is 5.69 Å². The number of halogens is 1. The lowest BCUT2D eigenvalue weighted by Gasteiger charge is -2.15. The van der Waals surface area contributed by atoms with Crippen molar-refractivity contribution in [3.8, 4) is 0 Å². The van der Waals surface area contributed by atoms with Gasteiger partial charge in [-0.3, -0.25) is 4.79 Å². The van der Waals surface area contributed by atoms with Crippen molar-refractivity contribution in [2.45, 2.75) is 19.4 Å². The summed E-state index contributed by atoms with van der Waals surface area (Å²) in [4.78, 5) is 19.4. The molecule has 1 unspecified atom stereocenters. The highest BCUT2D eigenvalue weighted by Gasteiger charge is 2.18. The summed E-state index contributed by atoms with van der Waals surface area (Å²) in [6.07, 6.45) is 4.15. The van der Waals surface area contributed by atoms with Crippen LogP contribution < -0.4 is 11.1 Å². The van der Waals surface area contributed by atoms with Crippen molar-refractivity contribution < 1.29 is 4.79 Å². The van der Waals surface area contributed by atoms with Crippen LogP contribution >= 0.6 is 15.9 Å². The Morgan fingerprint density at radius 1 is 1.58 bits per heavy atom. The maximum absolute atomic E-state index is 12.2. The average Bonchev–Trinajstić information content (AvgIpc) is 2.92. The third-order valence-corrected chi connectivity index (χ3v) is 3.72. The summed E-state index contributed by atoms with van der Waals surface area (Å²) < 4.78 is 0.613. The number of aromatic nitrogens is 2. The minimum atomic E-state index is -0.178. The van der Waals surface area contributed by atoms with Crippen LogP contribution in [0.5, 0.6) is 0 Å². The number of carbonyl (C=O) groups excluding carboxylic acids is 1. The van der Waals surface area contributed by atoms with Crippen LogP contribution in [0.15, 0.2) is 35.1 Å². The van der Waals surface area contributed by atoms with Crippen LogP contribution in [0.1, 0.15) is 35.6 Å². The number of anilines is 1. The van der Waals surface area contributed by atoms with Crippen molar-refractivity contribution in [2.24, 2.45) is 0 Å². The number of carbonyl (C=O) groups is 1. The molecule has 0 saturated heterocycles. The number of nitrogens with zero attached hydrogens (tertiary/aromatic N) is 1. The molecule has 19 heavy (non-hydrogen) atoms. The van der Waals surface area contributed by atoms with Gasteiger partial charge in [0, 0.05) is 18.1 Å². The average molecular weight is 323 g/mol. The number of nitrogen functional groups attached to an aromatic ring is 1. The van der Waals surface area contributed by atoms with Crippen molar-refractivity contribution in [3.05, 3.63) is 46.5 Å². The zero-order valence-electron chi connectivity index (χ0n) is 10.5. The summed E-state index contributed by atoms with van der Waals surface area (Å²) in [7, 11) is 0. The Morgan fingerprint density at radius 3 is 3.00 bits per heavy atom. The number of rotatable bonds is 4. The van der Waals surface area contributed by atoms with Gasteiger partial charge in [0.25, 0.3) is 5.91 Å². The Kier molecular flexibility index (Phi) is 4.21. The van der Waals surface area contributed by atoms with Gasteiger partial charge in [-0.1, -0.05) is 13.0 Å². The molecular formula is C13H15BrN4O. The quantitative estimate of drug-likeness (QED) is 0.756. The number of aromatic amines is 1. The standard InChI is InChI=1S/C13H15BrN4O/c1-2-10(12-16-6-7-17-12)18-13(19)8-4-3-5-9(15)11(8)14/h3-7,10H,2,15H2,1H3,(H,16,17)(H,18,19). The van der Waals surface area contributed by atoms with Gasteiger partial charge < -0.3 is 16.0 Å². The lowest BCUT2D eigenvalue weighted by Crippen LogP contribution is -2.29. The molecule has 0 aliphatic rings. The molecule has 2 aromatic rings. The van der Waals surface area contributed by atoms with Crippen LogP contribution in [0.2, 0.25) is 0 Å². The Morgan fingerprint density at radius 2 is 2.37 bits per heavy atom. The molecule has 0 aliphatic heterocycles. The highest BCUT2D eigenvalue weighted by atomic mass is 79.9. The zero-order chi connectivity index (χ0) is 13.8. The first-order valence-corrected chi connectivity index (χ1v) is 6.77. The molecule has 1 heterocycles. The third-order valence-electron chi connectivity index (χ3n) is 2.84. The smallest absolute Gasteiger partial charge is 0.253 e. The number of amides is 1. The van der Waals surface area contributed by atoms with E-state index in [1.165, 1.54) is 0 Å². The molecule has 0 spiro atoms. The van der Waals surface area contributed by atoms with E-state index >= 15 is 0 Å². The number of nitrogens with two attached hydrogens (primary N) is 1. The van der Waals surface area contributed by atoms with E-state index in [-0.39, 0.29) is 11.9 Å². The summed E-state index contributed by atoms with van der Waals surface area (Å²) in [5.41, 5.74) is 6.83. The lowest BCUT2D eigenvalue weighted by molar-refractivity contribution is 0.0933. The minimum Gasteiger partial charge on any atom is -0.398 e. The zero-order valence-corrected chi connectivity index (χ0v) is 12.1. The molecule has 1 amide bonds. The Hall–Kier alpha value is -1.82. The largest absolute Gasteiger partial charge is 0.398 e. The van der Waals surface area contributed by atoms with E-state index in [9.17, 15) is 4.79 Å². The first-order valence-electron chi connectivity index (χ1n) is 5.97. The summed E-state index contributed by atoms with van der Waals surface area (Å²) in [5, 5.41) is 2.94. The maximum Gasteiger partial charge on any atom is 0.253 e. The number of benzene rings is 1. The molecule has 5 nitrogen and oxygen atoms in total. The van der Waals surface area contributed by atoms with Crippen LogP contribution in [0.3, 0.4) is 0 Å². The van der Waals surface area contributed by atoms with Crippen molar-refractivity contribution in [1.82, 2.24) is 15.3 Å². The Labute approximate surface area is 119 Å². The van der Waals surface area contributed by atoms with Gasteiger partial charge in [-0.15, -0.1) is 0 Å². The fraction of sp³-hybridized carbons (Fsp3) is 0.231. The predicted octanol–water partition coefficient (Wildman–Crippen LogP) is 2.64. The minimum absolute atomic E-state index is 0.143. The predicted molar refractivity (Wildman–Crippen MR) is 77.6 cm³/mol.